The van der Waals surface area contributed by atoms with Gasteiger partial charge >= 0.3 is 0 Å². The van der Waals surface area contributed by atoms with Crippen LogP contribution in [0, 0.1) is 27.3 Å². The molecule has 0 spiro atoms. The summed E-state index contributed by atoms with van der Waals surface area (Å²) in [5.74, 6) is -0.395. The van der Waals surface area contributed by atoms with Crippen LogP contribution in [0.3, 0.4) is 0 Å². The van der Waals surface area contributed by atoms with Crippen LogP contribution in [-0.2, 0) is 0 Å². The van der Waals surface area contributed by atoms with Crippen molar-refractivity contribution in [3.05, 3.63) is 62.4 Å². The third kappa shape index (κ3) is 2.92. The maximum Gasteiger partial charge on any atom is 0.289 e. The van der Waals surface area contributed by atoms with Crippen LogP contribution in [0.4, 0.5) is 21.5 Å². The van der Waals surface area contributed by atoms with Gasteiger partial charge in [0, 0.05) is 16.2 Å². The van der Waals surface area contributed by atoms with Gasteiger partial charge in [0.05, 0.1) is 10.6 Å². The number of nitro groups is 1. The fraction of sp³-hybridized carbons (Fsp3) is 0. The number of anilines is 2. The number of halogens is 2. The SMILES string of the molecule is N#Cc1ccc(Nc2ccc(F)cc2Br)cc1[N+](=O)[O-]. The normalized spacial score (nSPS) is 9.85. The molecular formula is C13H7BrFN3O2. The van der Waals surface area contributed by atoms with Gasteiger partial charge in [0.1, 0.15) is 17.4 Å². The van der Waals surface area contributed by atoms with Crippen molar-refractivity contribution in [2.24, 2.45) is 0 Å². The standard InChI is InChI=1S/C13H7BrFN3O2/c14-11-5-9(15)2-4-12(11)17-10-3-1-8(7-16)13(6-10)18(19)20/h1-6,17H. The molecular weight excluding hydrogens is 329 g/mol. The van der Waals surface area contributed by atoms with Crippen LogP contribution in [0.2, 0.25) is 0 Å². The van der Waals surface area contributed by atoms with E-state index in [4.69, 9.17) is 5.26 Å². The molecule has 0 aromatic heterocycles. The topological polar surface area (TPSA) is 79.0 Å². The minimum Gasteiger partial charge on any atom is -0.354 e. The highest BCUT2D eigenvalue weighted by atomic mass is 79.9. The quantitative estimate of drug-likeness (QED) is 0.676. The van der Waals surface area contributed by atoms with Crippen molar-refractivity contribution in [3.8, 4) is 6.07 Å². The van der Waals surface area contributed by atoms with Gasteiger partial charge in [-0.05, 0) is 46.3 Å². The smallest absolute Gasteiger partial charge is 0.289 e. The van der Waals surface area contributed by atoms with E-state index < -0.39 is 10.7 Å². The van der Waals surface area contributed by atoms with Gasteiger partial charge in [-0.25, -0.2) is 4.39 Å². The molecule has 0 atom stereocenters. The van der Waals surface area contributed by atoms with Gasteiger partial charge in [-0.15, -0.1) is 0 Å². The Bertz CT molecular complexity index is 728. The summed E-state index contributed by atoms with van der Waals surface area (Å²) >= 11 is 3.19. The van der Waals surface area contributed by atoms with Gasteiger partial charge < -0.3 is 5.32 Å². The summed E-state index contributed by atoms with van der Waals surface area (Å²) in [6.07, 6.45) is 0. The maximum absolute atomic E-state index is 13.0. The lowest BCUT2D eigenvalue weighted by Crippen LogP contribution is -1.96. The third-order valence-electron chi connectivity index (χ3n) is 2.53. The molecule has 100 valence electrons. The van der Waals surface area contributed by atoms with E-state index in [0.29, 0.717) is 15.8 Å². The summed E-state index contributed by atoms with van der Waals surface area (Å²) in [4.78, 5) is 10.2. The number of nitro benzene ring substituents is 1. The van der Waals surface area contributed by atoms with Crippen molar-refractivity contribution in [3.63, 3.8) is 0 Å². The van der Waals surface area contributed by atoms with Crippen molar-refractivity contribution in [2.45, 2.75) is 0 Å². The van der Waals surface area contributed by atoms with E-state index in [0.717, 1.165) is 0 Å². The fourth-order valence-electron chi connectivity index (χ4n) is 1.60. The molecule has 0 fully saturated rings. The molecule has 0 saturated carbocycles. The number of nitrogens with zero attached hydrogens (tertiary/aromatic N) is 2. The number of hydrogen-bond acceptors (Lipinski definition) is 4. The summed E-state index contributed by atoms with van der Waals surface area (Å²) in [6.45, 7) is 0. The molecule has 0 radical (unpaired) electrons. The second-order valence-electron chi connectivity index (χ2n) is 3.85. The Morgan fingerprint density at radius 2 is 2.05 bits per heavy atom. The summed E-state index contributed by atoms with van der Waals surface area (Å²) in [5.41, 5.74) is 0.697. The van der Waals surface area contributed by atoms with Crippen LogP contribution in [-0.4, -0.2) is 4.92 Å². The lowest BCUT2D eigenvalue weighted by molar-refractivity contribution is -0.385. The minimum absolute atomic E-state index is 0.0151. The summed E-state index contributed by atoms with van der Waals surface area (Å²) in [7, 11) is 0. The van der Waals surface area contributed by atoms with Gasteiger partial charge in [-0.2, -0.15) is 5.26 Å². The Kier molecular flexibility index (Phi) is 3.96. The highest BCUT2D eigenvalue weighted by Crippen LogP contribution is 2.29. The molecule has 0 bridgehead atoms. The summed E-state index contributed by atoms with van der Waals surface area (Å²) < 4.78 is 13.5. The van der Waals surface area contributed by atoms with E-state index in [2.05, 4.69) is 21.2 Å². The van der Waals surface area contributed by atoms with E-state index in [1.807, 2.05) is 0 Å². The van der Waals surface area contributed by atoms with E-state index in [1.54, 1.807) is 12.1 Å². The van der Waals surface area contributed by atoms with Crippen molar-refractivity contribution < 1.29 is 9.31 Å². The first kappa shape index (κ1) is 14.0. The van der Waals surface area contributed by atoms with E-state index >= 15 is 0 Å². The zero-order valence-corrected chi connectivity index (χ0v) is 11.5. The van der Waals surface area contributed by atoms with Gasteiger partial charge in [0.15, 0.2) is 0 Å². The molecule has 2 aromatic carbocycles. The van der Waals surface area contributed by atoms with E-state index in [9.17, 15) is 14.5 Å². The molecule has 1 N–H and O–H groups in total. The monoisotopic (exact) mass is 335 g/mol. The molecule has 5 nitrogen and oxygen atoms in total. The molecule has 0 aliphatic carbocycles. The number of benzene rings is 2. The second kappa shape index (κ2) is 5.67. The Morgan fingerprint density at radius 1 is 1.30 bits per heavy atom. The Labute approximate surface area is 121 Å². The van der Waals surface area contributed by atoms with Crippen LogP contribution in [0.5, 0.6) is 0 Å². The molecule has 2 aromatic rings. The maximum atomic E-state index is 13.0. The largest absolute Gasteiger partial charge is 0.354 e. The predicted molar refractivity (Wildman–Crippen MR) is 75.2 cm³/mol. The van der Waals surface area contributed by atoms with Crippen LogP contribution in [0.1, 0.15) is 5.56 Å². The number of nitrogens with one attached hydrogen (secondary N) is 1. The van der Waals surface area contributed by atoms with Gasteiger partial charge in [0.25, 0.3) is 5.69 Å². The molecule has 0 unspecified atom stereocenters. The highest BCUT2D eigenvalue weighted by Gasteiger charge is 2.14. The third-order valence-corrected chi connectivity index (χ3v) is 3.18. The van der Waals surface area contributed by atoms with Gasteiger partial charge in [-0.3, -0.25) is 10.1 Å². The number of hydrogen-bond donors (Lipinski definition) is 1. The molecule has 0 amide bonds. The molecule has 2 rings (SSSR count). The summed E-state index contributed by atoms with van der Waals surface area (Å²) in [5, 5.41) is 22.6. The first-order valence-electron chi connectivity index (χ1n) is 5.42. The lowest BCUT2D eigenvalue weighted by atomic mass is 10.1. The average molecular weight is 336 g/mol. The molecule has 0 aliphatic rings. The number of rotatable bonds is 3. The second-order valence-corrected chi connectivity index (χ2v) is 4.70. The van der Waals surface area contributed by atoms with Crippen LogP contribution in [0.15, 0.2) is 40.9 Å². The van der Waals surface area contributed by atoms with Crippen molar-refractivity contribution in [2.75, 3.05) is 5.32 Å². The minimum atomic E-state index is -0.622. The Balaban J connectivity index is 2.37. The first-order valence-corrected chi connectivity index (χ1v) is 6.21. The molecule has 0 saturated heterocycles. The molecule has 0 aliphatic heterocycles. The summed E-state index contributed by atoms with van der Waals surface area (Å²) in [6, 6.07) is 9.97. The Morgan fingerprint density at radius 3 is 2.65 bits per heavy atom. The lowest BCUT2D eigenvalue weighted by Gasteiger charge is -2.08. The molecule has 0 heterocycles. The predicted octanol–water partition coefficient (Wildman–Crippen LogP) is 4.11. The average Bonchev–Trinajstić information content (AvgIpc) is 2.41. The zero-order valence-electron chi connectivity index (χ0n) is 9.93. The highest BCUT2D eigenvalue weighted by molar-refractivity contribution is 9.10. The van der Waals surface area contributed by atoms with Crippen LogP contribution < -0.4 is 5.32 Å². The molecule has 20 heavy (non-hydrogen) atoms. The number of nitriles is 1. The van der Waals surface area contributed by atoms with Crippen molar-refractivity contribution in [1.82, 2.24) is 0 Å². The van der Waals surface area contributed by atoms with Crippen molar-refractivity contribution in [1.29, 1.82) is 5.26 Å². The molecule has 7 heteroatoms. The van der Waals surface area contributed by atoms with E-state index in [1.165, 1.54) is 30.3 Å². The van der Waals surface area contributed by atoms with Crippen molar-refractivity contribution >= 4 is 33.0 Å². The first-order chi connectivity index (χ1) is 9.51. The Hall–Kier alpha value is -2.46. The zero-order chi connectivity index (χ0) is 14.7. The van der Waals surface area contributed by atoms with E-state index in [-0.39, 0.29) is 11.3 Å². The van der Waals surface area contributed by atoms with Gasteiger partial charge in [0.2, 0.25) is 0 Å². The fourth-order valence-corrected chi connectivity index (χ4v) is 2.05. The van der Waals surface area contributed by atoms with Crippen LogP contribution >= 0.6 is 15.9 Å². The van der Waals surface area contributed by atoms with Gasteiger partial charge in [-0.1, -0.05) is 0 Å². The van der Waals surface area contributed by atoms with Crippen LogP contribution in [0.25, 0.3) is 0 Å².